The largest absolute Gasteiger partial charge is 0.389 e. The molecule has 0 aromatic rings. The monoisotopic (exact) mass is 225 g/mol. The Hall–Kier alpha value is -0.0800. The first-order valence-corrected chi connectivity index (χ1v) is 7.15. The van der Waals surface area contributed by atoms with Crippen molar-refractivity contribution in [2.24, 2.45) is 11.8 Å². The van der Waals surface area contributed by atoms with E-state index in [9.17, 15) is 5.11 Å². The number of hydrogen-bond donors (Lipinski definition) is 2. The van der Waals surface area contributed by atoms with Crippen molar-refractivity contribution < 1.29 is 5.11 Å². The van der Waals surface area contributed by atoms with Crippen LogP contribution < -0.4 is 5.32 Å². The molecule has 2 fully saturated rings. The molecule has 0 aromatic carbocycles. The van der Waals surface area contributed by atoms with Crippen molar-refractivity contribution in [3.63, 3.8) is 0 Å². The summed E-state index contributed by atoms with van der Waals surface area (Å²) in [7, 11) is 0. The van der Waals surface area contributed by atoms with Gasteiger partial charge in [-0.3, -0.25) is 0 Å². The van der Waals surface area contributed by atoms with Crippen molar-refractivity contribution in [3.8, 4) is 0 Å². The number of hydrogen-bond acceptors (Lipinski definition) is 2. The van der Waals surface area contributed by atoms with E-state index in [1.165, 1.54) is 38.5 Å². The average molecular weight is 225 g/mol. The van der Waals surface area contributed by atoms with Gasteiger partial charge in [-0.15, -0.1) is 0 Å². The topological polar surface area (TPSA) is 32.3 Å². The fourth-order valence-corrected chi connectivity index (χ4v) is 3.23. The summed E-state index contributed by atoms with van der Waals surface area (Å²) in [5, 5.41) is 13.5. The first-order valence-electron chi connectivity index (χ1n) is 7.15. The van der Waals surface area contributed by atoms with Crippen LogP contribution >= 0.6 is 0 Å². The molecule has 0 heterocycles. The predicted octanol–water partition coefficient (Wildman–Crippen LogP) is 2.71. The summed E-state index contributed by atoms with van der Waals surface area (Å²) in [4.78, 5) is 0. The fourth-order valence-electron chi connectivity index (χ4n) is 3.23. The van der Waals surface area contributed by atoms with E-state index in [-0.39, 0.29) is 5.60 Å². The standard InChI is InChI=1S/C14H27NO/c1-2-12-5-3-6-13(9-12)10-15-11-14(16)7-4-8-14/h12-13,15-16H,2-11H2,1H3. The lowest BCUT2D eigenvalue weighted by atomic mass is 9.79. The van der Waals surface area contributed by atoms with E-state index in [1.807, 2.05) is 0 Å². The van der Waals surface area contributed by atoms with Crippen molar-refractivity contribution in [3.05, 3.63) is 0 Å². The van der Waals surface area contributed by atoms with Crippen molar-refractivity contribution in [1.29, 1.82) is 0 Å². The number of rotatable bonds is 5. The Morgan fingerprint density at radius 1 is 1.19 bits per heavy atom. The Balaban J connectivity index is 1.61. The Morgan fingerprint density at radius 2 is 1.94 bits per heavy atom. The molecule has 94 valence electrons. The summed E-state index contributed by atoms with van der Waals surface area (Å²) in [6, 6.07) is 0. The van der Waals surface area contributed by atoms with E-state index in [0.717, 1.165) is 37.8 Å². The van der Waals surface area contributed by atoms with Gasteiger partial charge in [-0.05, 0) is 50.5 Å². The predicted molar refractivity (Wildman–Crippen MR) is 67.4 cm³/mol. The quantitative estimate of drug-likeness (QED) is 0.754. The zero-order valence-corrected chi connectivity index (χ0v) is 10.7. The Bertz CT molecular complexity index is 213. The molecule has 0 aromatic heterocycles. The third-order valence-corrected chi connectivity index (χ3v) is 4.64. The third kappa shape index (κ3) is 3.21. The van der Waals surface area contributed by atoms with Gasteiger partial charge in [0.1, 0.15) is 0 Å². The summed E-state index contributed by atoms with van der Waals surface area (Å²) in [5.74, 6) is 1.83. The second kappa shape index (κ2) is 5.50. The lowest BCUT2D eigenvalue weighted by Crippen LogP contribution is -2.47. The molecule has 0 amide bonds. The van der Waals surface area contributed by atoms with Crippen LogP contribution in [0.25, 0.3) is 0 Å². The van der Waals surface area contributed by atoms with E-state index < -0.39 is 0 Å². The summed E-state index contributed by atoms with van der Waals surface area (Å²) in [5.41, 5.74) is -0.348. The molecule has 2 atom stereocenters. The van der Waals surface area contributed by atoms with E-state index in [4.69, 9.17) is 0 Å². The Kier molecular flexibility index (Phi) is 4.26. The molecule has 2 N–H and O–H groups in total. The van der Waals surface area contributed by atoms with E-state index in [1.54, 1.807) is 0 Å². The molecular formula is C14H27NO. The highest BCUT2D eigenvalue weighted by atomic mass is 16.3. The second-order valence-electron chi connectivity index (χ2n) is 6.02. The van der Waals surface area contributed by atoms with Gasteiger partial charge in [0.2, 0.25) is 0 Å². The normalized spacial score (nSPS) is 33.4. The van der Waals surface area contributed by atoms with Gasteiger partial charge in [0, 0.05) is 6.54 Å². The van der Waals surface area contributed by atoms with Crippen LogP contribution in [0, 0.1) is 11.8 Å². The minimum Gasteiger partial charge on any atom is -0.389 e. The maximum Gasteiger partial charge on any atom is 0.0771 e. The first kappa shape index (κ1) is 12.4. The van der Waals surface area contributed by atoms with Gasteiger partial charge in [0.25, 0.3) is 0 Å². The average Bonchev–Trinajstić information content (AvgIpc) is 2.27. The van der Waals surface area contributed by atoms with Gasteiger partial charge >= 0.3 is 0 Å². The number of nitrogens with one attached hydrogen (secondary N) is 1. The molecule has 2 rings (SSSR count). The van der Waals surface area contributed by atoms with Crippen LogP contribution in [0.15, 0.2) is 0 Å². The molecule has 0 spiro atoms. The van der Waals surface area contributed by atoms with Crippen LogP contribution in [0.1, 0.15) is 58.3 Å². The van der Waals surface area contributed by atoms with Gasteiger partial charge in [-0.2, -0.15) is 0 Å². The minimum atomic E-state index is -0.348. The summed E-state index contributed by atoms with van der Waals surface area (Å²) in [6.07, 6.45) is 10.2. The van der Waals surface area contributed by atoms with Crippen LogP contribution in [-0.4, -0.2) is 23.8 Å². The highest BCUT2D eigenvalue weighted by molar-refractivity contribution is 4.89. The van der Waals surface area contributed by atoms with Crippen LogP contribution in [0.2, 0.25) is 0 Å². The summed E-state index contributed by atoms with van der Waals surface area (Å²) >= 11 is 0. The van der Waals surface area contributed by atoms with E-state index in [0.29, 0.717) is 0 Å². The minimum absolute atomic E-state index is 0.348. The molecule has 2 heteroatoms. The Morgan fingerprint density at radius 3 is 2.56 bits per heavy atom. The zero-order chi connectivity index (χ0) is 11.4. The van der Waals surface area contributed by atoms with Gasteiger partial charge in [-0.25, -0.2) is 0 Å². The summed E-state index contributed by atoms with van der Waals surface area (Å²) < 4.78 is 0. The van der Waals surface area contributed by atoms with Crippen LogP contribution in [0.3, 0.4) is 0 Å². The molecule has 2 nitrogen and oxygen atoms in total. The molecule has 16 heavy (non-hydrogen) atoms. The van der Waals surface area contributed by atoms with Gasteiger partial charge in [0.05, 0.1) is 5.60 Å². The van der Waals surface area contributed by atoms with Crippen molar-refractivity contribution >= 4 is 0 Å². The maximum absolute atomic E-state index is 9.98. The smallest absolute Gasteiger partial charge is 0.0771 e. The van der Waals surface area contributed by atoms with E-state index >= 15 is 0 Å². The van der Waals surface area contributed by atoms with Gasteiger partial charge in [0.15, 0.2) is 0 Å². The van der Waals surface area contributed by atoms with Crippen LogP contribution in [0.4, 0.5) is 0 Å². The molecule has 2 saturated carbocycles. The van der Waals surface area contributed by atoms with Crippen molar-refractivity contribution in [2.45, 2.75) is 63.9 Å². The van der Waals surface area contributed by atoms with E-state index in [2.05, 4.69) is 12.2 Å². The molecule has 2 aliphatic carbocycles. The lowest BCUT2D eigenvalue weighted by Gasteiger charge is -2.37. The molecule has 2 unspecified atom stereocenters. The van der Waals surface area contributed by atoms with Crippen LogP contribution in [-0.2, 0) is 0 Å². The second-order valence-corrected chi connectivity index (χ2v) is 6.02. The molecular weight excluding hydrogens is 198 g/mol. The highest BCUT2D eigenvalue weighted by Crippen LogP contribution is 2.32. The number of aliphatic hydroxyl groups is 1. The van der Waals surface area contributed by atoms with Crippen LogP contribution in [0.5, 0.6) is 0 Å². The van der Waals surface area contributed by atoms with Crippen molar-refractivity contribution in [2.75, 3.05) is 13.1 Å². The van der Waals surface area contributed by atoms with Gasteiger partial charge in [-0.1, -0.05) is 26.2 Å². The highest BCUT2D eigenvalue weighted by Gasteiger charge is 2.33. The zero-order valence-electron chi connectivity index (χ0n) is 10.7. The van der Waals surface area contributed by atoms with Gasteiger partial charge < -0.3 is 10.4 Å². The third-order valence-electron chi connectivity index (χ3n) is 4.64. The first-order chi connectivity index (χ1) is 7.72. The molecule has 0 radical (unpaired) electrons. The molecule has 0 saturated heterocycles. The SMILES string of the molecule is CCC1CCCC(CNCC2(O)CCC2)C1. The van der Waals surface area contributed by atoms with Crippen molar-refractivity contribution in [1.82, 2.24) is 5.32 Å². The molecule has 0 bridgehead atoms. The molecule has 2 aliphatic rings. The molecule has 0 aliphatic heterocycles. The fraction of sp³-hybridized carbons (Fsp3) is 1.00. The lowest BCUT2D eigenvalue weighted by molar-refractivity contribution is -0.0320. The Labute approximate surface area is 99.8 Å². The summed E-state index contributed by atoms with van der Waals surface area (Å²) in [6.45, 7) is 4.26. The maximum atomic E-state index is 9.98.